The third-order valence-corrected chi connectivity index (χ3v) is 6.29. The van der Waals surface area contributed by atoms with Crippen LogP contribution in [0, 0.1) is 6.92 Å². The number of carbonyl (C=O) groups is 2. The van der Waals surface area contributed by atoms with Crippen molar-refractivity contribution in [2.24, 2.45) is 0 Å². The van der Waals surface area contributed by atoms with Crippen LogP contribution in [0.25, 0.3) is 10.9 Å². The number of benzene rings is 3. The molecule has 4 rings (SSSR count). The Balaban J connectivity index is 1.88. The van der Waals surface area contributed by atoms with Crippen LogP contribution < -0.4 is 14.2 Å². The monoisotopic (exact) mass is 541 g/mol. The normalized spacial score (nSPS) is 11.9. The lowest BCUT2D eigenvalue weighted by molar-refractivity contribution is -0.274. The van der Waals surface area contributed by atoms with Crippen LogP contribution >= 0.6 is 0 Å². The van der Waals surface area contributed by atoms with E-state index in [4.69, 9.17) is 9.47 Å². The Hall–Kier alpha value is -4.47. The highest BCUT2D eigenvalue weighted by Gasteiger charge is 2.33. The first kappa shape index (κ1) is 27.6. The molecule has 7 nitrogen and oxygen atoms in total. The number of fused-ring (bicyclic) bond motifs is 1. The second-order valence-electron chi connectivity index (χ2n) is 9.36. The van der Waals surface area contributed by atoms with Gasteiger partial charge in [-0.25, -0.2) is 4.79 Å². The summed E-state index contributed by atoms with van der Waals surface area (Å²) in [6, 6.07) is 17.1. The summed E-state index contributed by atoms with van der Waals surface area (Å²) in [7, 11) is 1.51. The van der Waals surface area contributed by atoms with E-state index in [1.54, 1.807) is 60.0 Å². The maximum Gasteiger partial charge on any atom is 0.573 e. The summed E-state index contributed by atoms with van der Waals surface area (Å²) in [6.45, 7) is 4.43. The number of ketones is 1. The fourth-order valence-electron chi connectivity index (χ4n) is 4.26. The van der Waals surface area contributed by atoms with Gasteiger partial charge in [0.15, 0.2) is 11.4 Å². The van der Waals surface area contributed by atoms with E-state index in [9.17, 15) is 27.9 Å². The molecule has 0 radical (unpaired) electrons. The minimum Gasteiger partial charge on any atom is -0.497 e. The van der Waals surface area contributed by atoms with E-state index >= 15 is 0 Å². The molecular weight excluding hydrogens is 515 g/mol. The van der Waals surface area contributed by atoms with Crippen molar-refractivity contribution in [3.05, 3.63) is 89.1 Å². The lowest BCUT2D eigenvalue weighted by Gasteiger charge is -2.21. The van der Waals surface area contributed by atoms with Crippen LogP contribution in [-0.2, 0) is 11.3 Å². The molecule has 10 heteroatoms. The highest BCUT2D eigenvalue weighted by molar-refractivity contribution is 6.17. The summed E-state index contributed by atoms with van der Waals surface area (Å²) in [6.07, 6.45) is -4.89. The number of aromatic nitrogens is 1. The number of carboxylic acids is 1. The van der Waals surface area contributed by atoms with Crippen molar-refractivity contribution in [3.8, 4) is 17.2 Å². The van der Waals surface area contributed by atoms with Crippen molar-refractivity contribution in [2.75, 3.05) is 7.11 Å². The molecule has 1 heterocycles. The zero-order chi connectivity index (χ0) is 28.5. The van der Waals surface area contributed by atoms with E-state index in [0.29, 0.717) is 33.5 Å². The van der Waals surface area contributed by atoms with Gasteiger partial charge < -0.3 is 23.9 Å². The van der Waals surface area contributed by atoms with Crippen molar-refractivity contribution in [3.63, 3.8) is 0 Å². The zero-order valence-corrected chi connectivity index (χ0v) is 21.6. The standard InChI is InChI=1S/C29H26F3NO6/c1-17-25(26(34)18-9-11-20(37-4)12-10-18)22-14-13-21(38-28(2,3)27(35)36)15-23(22)33(17)16-19-7-5-6-8-24(19)39-29(30,31)32/h5-15H,16H2,1-4H3,(H,35,36). The summed E-state index contributed by atoms with van der Waals surface area (Å²) in [5.74, 6) is -1.04. The summed E-state index contributed by atoms with van der Waals surface area (Å²) in [4.78, 5) is 25.3. The molecule has 1 N–H and O–H groups in total. The predicted molar refractivity (Wildman–Crippen MR) is 138 cm³/mol. The van der Waals surface area contributed by atoms with Gasteiger partial charge in [-0.05, 0) is 63.2 Å². The molecule has 0 aliphatic carbocycles. The van der Waals surface area contributed by atoms with E-state index in [2.05, 4.69) is 4.74 Å². The highest BCUT2D eigenvalue weighted by atomic mass is 19.4. The average Bonchev–Trinajstić information content (AvgIpc) is 3.14. The number of hydrogen-bond donors (Lipinski definition) is 1. The van der Waals surface area contributed by atoms with Gasteiger partial charge in [-0.1, -0.05) is 18.2 Å². The second kappa shape index (κ2) is 10.4. The number of ether oxygens (including phenoxy) is 3. The highest BCUT2D eigenvalue weighted by Crippen LogP contribution is 2.35. The minimum absolute atomic E-state index is 0.0593. The number of halogens is 3. The van der Waals surface area contributed by atoms with Crippen LogP contribution in [-0.4, -0.2) is 40.5 Å². The number of para-hydroxylation sites is 1. The van der Waals surface area contributed by atoms with Gasteiger partial charge in [-0.15, -0.1) is 13.2 Å². The third-order valence-electron chi connectivity index (χ3n) is 6.29. The van der Waals surface area contributed by atoms with E-state index in [-0.39, 0.29) is 29.4 Å². The molecule has 4 aromatic rings. The van der Waals surface area contributed by atoms with Crippen molar-refractivity contribution < 1.29 is 42.1 Å². The van der Waals surface area contributed by atoms with Crippen LogP contribution in [0.2, 0.25) is 0 Å². The van der Waals surface area contributed by atoms with Crippen LogP contribution in [0.5, 0.6) is 17.2 Å². The van der Waals surface area contributed by atoms with Crippen LogP contribution in [0.3, 0.4) is 0 Å². The molecule has 0 spiro atoms. The fraction of sp³-hybridized carbons (Fsp3) is 0.241. The maximum absolute atomic E-state index is 13.7. The number of hydrogen-bond acceptors (Lipinski definition) is 5. The lowest BCUT2D eigenvalue weighted by Crippen LogP contribution is -2.37. The molecule has 1 aromatic heterocycles. The molecule has 0 aliphatic heterocycles. The Morgan fingerprint density at radius 1 is 0.923 bits per heavy atom. The van der Waals surface area contributed by atoms with E-state index in [1.165, 1.54) is 39.2 Å². The molecule has 0 fully saturated rings. The van der Waals surface area contributed by atoms with E-state index in [1.807, 2.05) is 0 Å². The Morgan fingerprint density at radius 3 is 2.18 bits per heavy atom. The molecule has 39 heavy (non-hydrogen) atoms. The van der Waals surface area contributed by atoms with Gasteiger partial charge in [0.2, 0.25) is 0 Å². The number of methoxy groups -OCH3 is 1. The van der Waals surface area contributed by atoms with Crippen molar-refractivity contribution in [1.82, 2.24) is 4.57 Å². The largest absolute Gasteiger partial charge is 0.573 e. The molecule has 0 amide bonds. The molecule has 0 saturated carbocycles. The average molecular weight is 542 g/mol. The SMILES string of the molecule is COc1ccc(C(=O)c2c(C)n(Cc3ccccc3OC(F)(F)F)c3cc(OC(C)(C)C(=O)O)ccc23)cc1. The summed E-state index contributed by atoms with van der Waals surface area (Å²) in [5, 5.41) is 10.0. The summed E-state index contributed by atoms with van der Waals surface area (Å²) < 4.78 is 56.0. The number of nitrogens with zero attached hydrogens (tertiary/aromatic N) is 1. The van der Waals surface area contributed by atoms with E-state index < -0.39 is 17.9 Å². The molecule has 204 valence electrons. The van der Waals surface area contributed by atoms with Gasteiger partial charge in [0.05, 0.1) is 24.7 Å². The Bertz CT molecular complexity index is 1540. The van der Waals surface area contributed by atoms with Crippen LogP contribution in [0.1, 0.15) is 41.0 Å². The Labute approximate surface area is 222 Å². The molecule has 3 aromatic carbocycles. The maximum atomic E-state index is 13.7. The summed E-state index contributed by atoms with van der Waals surface area (Å²) >= 11 is 0. The molecule has 0 unspecified atom stereocenters. The number of alkyl halides is 3. The molecule has 0 atom stereocenters. The minimum atomic E-state index is -4.89. The van der Waals surface area contributed by atoms with E-state index in [0.717, 1.165) is 0 Å². The molecule has 0 aliphatic rings. The van der Waals surface area contributed by atoms with Gasteiger partial charge in [0.25, 0.3) is 0 Å². The van der Waals surface area contributed by atoms with Gasteiger partial charge in [-0.2, -0.15) is 0 Å². The molecular formula is C29H26F3NO6. The summed E-state index contributed by atoms with van der Waals surface area (Å²) in [5.41, 5.74) is 0.414. The second-order valence-corrected chi connectivity index (χ2v) is 9.36. The van der Waals surface area contributed by atoms with Gasteiger partial charge in [0.1, 0.15) is 17.2 Å². The van der Waals surface area contributed by atoms with Crippen molar-refractivity contribution >= 4 is 22.7 Å². The van der Waals surface area contributed by atoms with Crippen LogP contribution in [0.15, 0.2) is 66.7 Å². The van der Waals surface area contributed by atoms with Gasteiger partial charge >= 0.3 is 12.3 Å². The number of rotatable bonds is 9. The number of aliphatic carboxylic acids is 1. The Morgan fingerprint density at radius 2 is 1.56 bits per heavy atom. The van der Waals surface area contributed by atoms with Crippen molar-refractivity contribution in [2.45, 2.75) is 39.3 Å². The first-order valence-corrected chi connectivity index (χ1v) is 11.9. The number of carbonyl (C=O) groups excluding carboxylic acids is 1. The van der Waals surface area contributed by atoms with Gasteiger partial charge in [0, 0.05) is 28.3 Å². The third kappa shape index (κ3) is 5.84. The molecule has 0 bridgehead atoms. The van der Waals surface area contributed by atoms with Gasteiger partial charge in [-0.3, -0.25) is 4.79 Å². The first-order chi connectivity index (χ1) is 18.3. The Kier molecular flexibility index (Phi) is 7.32. The fourth-order valence-corrected chi connectivity index (χ4v) is 4.26. The quantitative estimate of drug-likeness (QED) is 0.248. The van der Waals surface area contributed by atoms with Crippen molar-refractivity contribution in [1.29, 1.82) is 0 Å². The first-order valence-electron chi connectivity index (χ1n) is 11.9. The smallest absolute Gasteiger partial charge is 0.497 e. The topological polar surface area (TPSA) is 87.0 Å². The lowest BCUT2D eigenvalue weighted by atomic mass is 10.0. The van der Waals surface area contributed by atoms with Crippen LogP contribution in [0.4, 0.5) is 13.2 Å². The molecule has 0 saturated heterocycles. The number of carboxylic acid groups (broad SMARTS) is 1. The predicted octanol–water partition coefficient (Wildman–Crippen LogP) is 6.38. The zero-order valence-electron chi connectivity index (χ0n) is 21.6.